The van der Waals surface area contributed by atoms with Gasteiger partial charge in [-0.25, -0.2) is 4.79 Å². The third kappa shape index (κ3) is 10.00. The maximum Gasteiger partial charge on any atom is 0.327 e. The second-order valence-electron chi connectivity index (χ2n) is 5.83. The summed E-state index contributed by atoms with van der Waals surface area (Å²) in [7, 11) is 0. The van der Waals surface area contributed by atoms with Gasteiger partial charge in [-0.05, 0) is 0 Å². The number of thiol groups is 2. The van der Waals surface area contributed by atoms with Gasteiger partial charge in [0.15, 0.2) is 0 Å². The monoisotopic (exact) mass is 452 g/mol. The van der Waals surface area contributed by atoms with E-state index in [-0.39, 0.29) is 11.5 Å². The summed E-state index contributed by atoms with van der Waals surface area (Å²) in [6.07, 6.45) is -1.13. The number of carboxylic acids is 1. The van der Waals surface area contributed by atoms with E-state index >= 15 is 0 Å². The van der Waals surface area contributed by atoms with Gasteiger partial charge >= 0.3 is 5.97 Å². The van der Waals surface area contributed by atoms with Gasteiger partial charge in [0.25, 0.3) is 0 Å². The lowest BCUT2D eigenvalue weighted by molar-refractivity contribution is -0.141. The second-order valence-corrected chi connectivity index (χ2v) is 6.56. The summed E-state index contributed by atoms with van der Waals surface area (Å²) in [5, 5.41) is 15.5. The number of carbonyl (C=O) groups is 6. The summed E-state index contributed by atoms with van der Waals surface area (Å²) in [4.78, 5) is 69.6. The Kier molecular flexibility index (Phi) is 11.7. The molecule has 0 aliphatic heterocycles. The van der Waals surface area contributed by atoms with Crippen molar-refractivity contribution in [1.82, 2.24) is 16.0 Å². The van der Waals surface area contributed by atoms with Gasteiger partial charge in [0, 0.05) is 11.5 Å². The molecule has 0 fully saturated rings. The van der Waals surface area contributed by atoms with Gasteiger partial charge in [0.2, 0.25) is 29.5 Å². The largest absolute Gasteiger partial charge is 0.480 e. The van der Waals surface area contributed by atoms with Crippen molar-refractivity contribution in [3.8, 4) is 0 Å². The van der Waals surface area contributed by atoms with Gasteiger partial charge in [-0.1, -0.05) is 0 Å². The molecular formula is C14H24N6O7S2. The van der Waals surface area contributed by atoms with Crippen LogP contribution in [0.2, 0.25) is 0 Å². The Balaban J connectivity index is 5.20. The number of hydrogen-bond acceptors (Lipinski definition) is 9. The first-order valence-electron chi connectivity index (χ1n) is 8.10. The van der Waals surface area contributed by atoms with Crippen LogP contribution in [0.4, 0.5) is 0 Å². The minimum absolute atomic E-state index is 0.202. The molecule has 5 amide bonds. The van der Waals surface area contributed by atoms with E-state index in [0.717, 1.165) is 0 Å². The Morgan fingerprint density at radius 3 is 1.55 bits per heavy atom. The van der Waals surface area contributed by atoms with Gasteiger partial charge in [-0.15, -0.1) is 0 Å². The molecule has 164 valence electrons. The lowest BCUT2D eigenvalue weighted by atomic mass is 10.1. The van der Waals surface area contributed by atoms with Crippen LogP contribution in [0, 0.1) is 0 Å². The predicted molar refractivity (Wildman–Crippen MR) is 107 cm³/mol. The van der Waals surface area contributed by atoms with Crippen molar-refractivity contribution in [3.63, 3.8) is 0 Å². The summed E-state index contributed by atoms with van der Waals surface area (Å²) >= 11 is 7.72. The number of hydrogen-bond donors (Lipinski definition) is 9. The van der Waals surface area contributed by atoms with Crippen molar-refractivity contribution in [3.05, 3.63) is 0 Å². The summed E-state index contributed by atoms with van der Waals surface area (Å²) in [6, 6.07) is -5.47. The van der Waals surface area contributed by atoms with Crippen LogP contribution in [0.1, 0.15) is 12.8 Å². The highest BCUT2D eigenvalue weighted by Gasteiger charge is 2.30. The van der Waals surface area contributed by atoms with Gasteiger partial charge in [0.05, 0.1) is 18.9 Å². The minimum Gasteiger partial charge on any atom is -0.480 e. The van der Waals surface area contributed by atoms with E-state index in [1.54, 1.807) is 0 Å². The van der Waals surface area contributed by atoms with Crippen molar-refractivity contribution in [2.45, 2.75) is 37.0 Å². The molecule has 0 bridgehead atoms. The van der Waals surface area contributed by atoms with Gasteiger partial charge in [-0.3, -0.25) is 24.0 Å². The van der Waals surface area contributed by atoms with Crippen LogP contribution in [-0.4, -0.2) is 76.3 Å². The average molecular weight is 453 g/mol. The first-order valence-corrected chi connectivity index (χ1v) is 9.37. The van der Waals surface area contributed by atoms with Crippen LogP contribution in [0.25, 0.3) is 0 Å². The van der Waals surface area contributed by atoms with E-state index in [4.69, 9.17) is 22.3 Å². The molecule has 29 heavy (non-hydrogen) atoms. The standard InChI is InChI=1S/C14H24N6O7S2/c15-5(1-9(16)21)11(23)18-6(2-10(17)22)12(24)19-7(3-28)13(25)20-8(4-29)14(26)27/h5-8,28-29H,1-4,15H2,(H2,16,21)(H2,17,22)(H,18,23)(H,19,24)(H,20,25)(H,26,27). The molecule has 0 aromatic heterocycles. The molecule has 0 aliphatic carbocycles. The fourth-order valence-electron chi connectivity index (χ4n) is 1.92. The lowest BCUT2D eigenvalue weighted by Crippen LogP contribution is -2.58. The van der Waals surface area contributed by atoms with E-state index < -0.39 is 72.5 Å². The van der Waals surface area contributed by atoms with E-state index in [0.29, 0.717) is 0 Å². The third-order valence-electron chi connectivity index (χ3n) is 3.41. The van der Waals surface area contributed by atoms with E-state index in [2.05, 4.69) is 41.2 Å². The molecule has 0 saturated heterocycles. The van der Waals surface area contributed by atoms with Crippen LogP contribution in [0.15, 0.2) is 0 Å². The molecule has 0 aromatic rings. The van der Waals surface area contributed by atoms with Gasteiger partial charge in [-0.2, -0.15) is 25.3 Å². The number of rotatable bonds is 13. The molecule has 4 unspecified atom stereocenters. The van der Waals surface area contributed by atoms with Crippen molar-refractivity contribution in [2.24, 2.45) is 17.2 Å². The zero-order chi connectivity index (χ0) is 22.7. The Hall–Kier alpha value is -2.52. The molecule has 0 rings (SSSR count). The third-order valence-corrected chi connectivity index (χ3v) is 4.14. The van der Waals surface area contributed by atoms with Crippen LogP contribution in [0.3, 0.4) is 0 Å². The number of primary amides is 2. The normalized spacial score (nSPS) is 14.6. The van der Waals surface area contributed by atoms with Crippen molar-refractivity contribution < 1.29 is 33.9 Å². The molecule has 0 heterocycles. The highest BCUT2D eigenvalue weighted by atomic mass is 32.1. The highest BCUT2D eigenvalue weighted by Crippen LogP contribution is 1.99. The fourth-order valence-corrected chi connectivity index (χ4v) is 2.43. The summed E-state index contributed by atoms with van der Waals surface area (Å²) in [5.74, 6) is -6.35. The summed E-state index contributed by atoms with van der Waals surface area (Å²) < 4.78 is 0. The average Bonchev–Trinajstić information content (AvgIpc) is 2.61. The fraction of sp³-hybridized carbons (Fsp3) is 0.571. The van der Waals surface area contributed by atoms with Crippen molar-refractivity contribution >= 4 is 60.8 Å². The van der Waals surface area contributed by atoms with Gasteiger partial charge < -0.3 is 38.3 Å². The van der Waals surface area contributed by atoms with E-state index in [1.807, 2.05) is 0 Å². The smallest absolute Gasteiger partial charge is 0.327 e. The Bertz CT molecular complexity index is 662. The molecule has 10 N–H and O–H groups in total. The molecule has 0 spiro atoms. The Morgan fingerprint density at radius 2 is 1.14 bits per heavy atom. The number of carbonyl (C=O) groups excluding carboxylic acids is 5. The van der Waals surface area contributed by atoms with E-state index in [9.17, 15) is 28.8 Å². The van der Waals surface area contributed by atoms with Crippen LogP contribution < -0.4 is 33.2 Å². The molecule has 0 aromatic carbocycles. The Morgan fingerprint density at radius 1 is 0.724 bits per heavy atom. The van der Waals surface area contributed by atoms with Crippen LogP contribution in [0.5, 0.6) is 0 Å². The molecule has 13 nitrogen and oxygen atoms in total. The first kappa shape index (κ1) is 26.5. The molecule has 4 atom stereocenters. The molecule has 15 heteroatoms. The highest BCUT2D eigenvalue weighted by molar-refractivity contribution is 7.80. The number of nitrogens with two attached hydrogens (primary N) is 3. The molecular weight excluding hydrogens is 428 g/mol. The zero-order valence-electron chi connectivity index (χ0n) is 15.2. The van der Waals surface area contributed by atoms with Crippen molar-refractivity contribution in [1.29, 1.82) is 0 Å². The SMILES string of the molecule is NC(=O)CC(N)C(=O)NC(CC(N)=O)C(=O)NC(CS)C(=O)NC(CS)C(=O)O. The van der Waals surface area contributed by atoms with Crippen LogP contribution in [-0.2, 0) is 28.8 Å². The maximum atomic E-state index is 12.4. The molecule has 0 radical (unpaired) electrons. The molecule has 0 aliphatic rings. The second kappa shape index (κ2) is 12.8. The Labute approximate surface area is 176 Å². The van der Waals surface area contributed by atoms with Crippen LogP contribution >= 0.6 is 25.3 Å². The summed E-state index contributed by atoms with van der Waals surface area (Å²) in [5.41, 5.74) is 15.5. The quantitative estimate of drug-likeness (QED) is 0.123. The first-order chi connectivity index (χ1) is 13.4. The topological polar surface area (TPSA) is 237 Å². The zero-order valence-corrected chi connectivity index (χ0v) is 16.9. The number of amides is 5. The van der Waals surface area contributed by atoms with Gasteiger partial charge in [0.1, 0.15) is 18.1 Å². The minimum atomic E-state index is -1.51. The summed E-state index contributed by atoms with van der Waals surface area (Å²) in [6.45, 7) is 0. The number of nitrogens with one attached hydrogen (secondary N) is 3. The lowest BCUT2D eigenvalue weighted by Gasteiger charge is -2.23. The molecule has 0 saturated carbocycles. The maximum absolute atomic E-state index is 12.4. The van der Waals surface area contributed by atoms with E-state index in [1.165, 1.54) is 0 Å². The predicted octanol–water partition coefficient (Wildman–Crippen LogP) is -4.54. The number of carboxylic acid groups (broad SMARTS) is 1. The van der Waals surface area contributed by atoms with Crippen molar-refractivity contribution in [2.75, 3.05) is 11.5 Å². The number of aliphatic carboxylic acids is 1.